The van der Waals surface area contributed by atoms with Crippen LogP contribution in [0, 0.1) is 0 Å². The predicted molar refractivity (Wildman–Crippen MR) is 128 cm³/mol. The van der Waals surface area contributed by atoms with Crippen LogP contribution in [0.1, 0.15) is 26.3 Å². The molecule has 0 aromatic carbocycles. The summed E-state index contributed by atoms with van der Waals surface area (Å²) < 4.78 is 7.38. The molecule has 0 aliphatic carbocycles. The number of amides is 2. The molecule has 0 unspecified atom stereocenters. The molecule has 3 aromatic rings. The lowest BCUT2D eigenvalue weighted by atomic mass is 10.1. The molecule has 2 aliphatic rings. The normalized spacial score (nSPS) is 20.2. The van der Waals surface area contributed by atoms with Gasteiger partial charge in [0.25, 0.3) is 0 Å². The van der Waals surface area contributed by atoms with E-state index in [9.17, 15) is 4.79 Å². The molecular formula is C23H30N8O2. The van der Waals surface area contributed by atoms with Gasteiger partial charge in [-0.15, -0.1) is 0 Å². The van der Waals surface area contributed by atoms with E-state index in [0.29, 0.717) is 42.4 Å². The van der Waals surface area contributed by atoms with Crippen molar-refractivity contribution in [1.82, 2.24) is 25.1 Å². The number of aromatic nitrogens is 4. The predicted octanol–water partition coefficient (Wildman–Crippen LogP) is 2.54. The van der Waals surface area contributed by atoms with E-state index in [1.54, 1.807) is 15.8 Å². The highest BCUT2D eigenvalue weighted by atomic mass is 16.5. The summed E-state index contributed by atoms with van der Waals surface area (Å²) in [5.41, 5.74) is 3.40. The molecule has 3 aromatic heterocycles. The number of carbonyl (C=O) groups is 1. The minimum Gasteiger partial charge on any atom is -0.476 e. The Labute approximate surface area is 192 Å². The van der Waals surface area contributed by atoms with Crippen LogP contribution in [-0.4, -0.2) is 64.1 Å². The third-order valence-corrected chi connectivity index (χ3v) is 6.09. The number of carbonyl (C=O) groups excluding carboxylic acids is 1. The molecule has 0 bridgehead atoms. The molecule has 2 N–H and O–H groups in total. The fourth-order valence-electron chi connectivity index (χ4n) is 4.87. The molecule has 10 nitrogen and oxygen atoms in total. The molecule has 2 amide bonds. The van der Waals surface area contributed by atoms with Gasteiger partial charge in [-0.2, -0.15) is 10.1 Å². The topological polar surface area (TPSA) is 100 Å². The first kappa shape index (κ1) is 21.4. The van der Waals surface area contributed by atoms with Crippen molar-refractivity contribution in [3.05, 3.63) is 30.1 Å². The first-order valence-corrected chi connectivity index (χ1v) is 11.5. The molecule has 5 heterocycles. The average molecular weight is 451 g/mol. The van der Waals surface area contributed by atoms with Gasteiger partial charge in [0.05, 0.1) is 6.61 Å². The Morgan fingerprint density at radius 3 is 2.85 bits per heavy atom. The number of aryl methyl sites for hydroxylation is 1. The zero-order chi connectivity index (χ0) is 23.1. The van der Waals surface area contributed by atoms with Crippen LogP contribution in [0.25, 0.3) is 11.0 Å². The molecule has 1 saturated heterocycles. The Morgan fingerprint density at radius 1 is 1.30 bits per heavy atom. The van der Waals surface area contributed by atoms with Gasteiger partial charge >= 0.3 is 6.03 Å². The number of fused-ring (bicyclic) bond motifs is 2. The SMILES string of the molecule is CCOc1nc2nn(C)cc2cc1NC(=O)N1CCc2c(N3C[C@@H](C)N[C@@H](C)C3)ccnc21. The van der Waals surface area contributed by atoms with Crippen LogP contribution in [0.15, 0.2) is 24.5 Å². The third kappa shape index (κ3) is 4.06. The Kier molecular flexibility index (Phi) is 5.53. The summed E-state index contributed by atoms with van der Waals surface area (Å²) in [4.78, 5) is 26.5. The number of pyridine rings is 2. The zero-order valence-corrected chi connectivity index (χ0v) is 19.5. The zero-order valence-electron chi connectivity index (χ0n) is 19.5. The van der Waals surface area contributed by atoms with E-state index < -0.39 is 0 Å². The summed E-state index contributed by atoms with van der Waals surface area (Å²) >= 11 is 0. The van der Waals surface area contributed by atoms with Gasteiger partial charge < -0.3 is 20.3 Å². The molecule has 0 spiro atoms. The number of rotatable bonds is 4. The van der Waals surface area contributed by atoms with E-state index in [2.05, 4.69) is 50.5 Å². The van der Waals surface area contributed by atoms with E-state index in [-0.39, 0.29) is 6.03 Å². The van der Waals surface area contributed by atoms with Gasteiger partial charge in [0.15, 0.2) is 5.65 Å². The average Bonchev–Trinajstić information content (AvgIpc) is 3.35. The van der Waals surface area contributed by atoms with Crippen molar-refractivity contribution in [2.45, 2.75) is 39.3 Å². The van der Waals surface area contributed by atoms with Crippen molar-refractivity contribution in [3.63, 3.8) is 0 Å². The number of urea groups is 1. The van der Waals surface area contributed by atoms with Crippen molar-refractivity contribution in [3.8, 4) is 5.88 Å². The lowest BCUT2D eigenvalue weighted by Gasteiger charge is -2.38. The number of nitrogens with one attached hydrogen (secondary N) is 2. The summed E-state index contributed by atoms with van der Waals surface area (Å²) in [6.07, 6.45) is 4.44. The van der Waals surface area contributed by atoms with E-state index in [0.717, 1.165) is 36.3 Å². The molecule has 10 heteroatoms. The lowest BCUT2D eigenvalue weighted by molar-refractivity contribution is 0.257. The third-order valence-electron chi connectivity index (χ3n) is 6.09. The molecule has 0 radical (unpaired) electrons. The summed E-state index contributed by atoms with van der Waals surface area (Å²) in [6.45, 7) is 9.17. The first-order chi connectivity index (χ1) is 15.9. The van der Waals surface area contributed by atoms with Crippen molar-refractivity contribution in [2.24, 2.45) is 7.05 Å². The second kappa shape index (κ2) is 8.51. The number of hydrogen-bond acceptors (Lipinski definition) is 7. The van der Waals surface area contributed by atoms with Crippen molar-refractivity contribution < 1.29 is 9.53 Å². The second-order valence-corrected chi connectivity index (χ2v) is 8.83. The summed E-state index contributed by atoms with van der Waals surface area (Å²) in [6, 6.07) is 4.49. The lowest BCUT2D eigenvalue weighted by Crippen LogP contribution is -2.54. The fourth-order valence-corrected chi connectivity index (χ4v) is 4.87. The summed E-state index contributed by atoms with van der Waals surface area (Å²) in [5, 5.41) is 11.7. The first-order valence-electron chi connectivity index (χ1n) is 11.5. The number of ether oxygens (including phenoxy) is 1. The minimum atomic E-state index is -0.244. The Balaban J connectivity index is 1.41. The second-order valence-electron chi connectivity index (χ2n) is 8.83. The summed E-state index contributed by atoms with van der Waals surface area (Å²) in [5.74, 6) is 1.08. The van der Waals surface area contributed by atoms with Crippen molar-refractivity contribution in [2.75, 3.05) is 41.4 Å². The van der Waals surface area contributed by atoms with E-state index in [1.165, 1.54) is 5.69 Å². The number of anilines is 3. The monoisotopic (exact) mass is 450 g/mol. The largest absolute Gasteiger partial charge is 0.476 e. The minimum absolute atomic E-state index is 0.244. The molecule has 2 aliphatic heterocycles. The molecular weight excluding hydrogens is 420 g/mol. The van der Waals surface area contributed by atoms with E-state index in [4.69, 9.17) is 4.74 Å². The van der Waals surface area contributed by atoms with E-state index in [1.807, 2.05) is 26.2 Å². The molecule has 2 atom stereocenters. The molecule has 5 rings (SSSR count). The smallest absolute Gasteiger partial charge is 0.327 e. The quantitative estimate of drug-likeness (QED) is 0.630. The number of nitrogens with zero attached hydrogens (tertiary/aromatic N) is 6. The maximum absolute atomic E-state index is 13.3. The standard InChI is InChI=1S/C23H30N8O2/c1-5-33-22-18(10-16-13-29(4)28-20(16)27-22)26-23(32)31-9-7-17-19(6-8-24-21(17)31)30-11-14(2)25-15(3)12-30/h6,8,10,13-15,25H,5,7,9,11-12H2,1-4H3,(H,26,32)/t14-,15+. The highest BCUT2D eigenvalue weighted by Crippen LogP contribution is 2.35. The van der Waals surface area contributed by atoms with Gasteiger partial charge in [0.2, 0.25) is 5.88 Å². The molecule has 1 fully saturated rings. The molecule has 33 heavy (non-hydrogen) atoms. The van der Waals surface area contributed by atoms with Crippen LogP contribution in [0.5, 0.6) is 5.88 Å². The van der Waals surface area contributed by atoms with Gasteiger partial charge in [-0.3, -0.25) is 9.58 Å². The van der Waals surface area contributed by atoms with Crippen LogP contribution >= 0.6 is 0 Å². The van der Waals surface area contributed by atoms with Crippen LogP contribution in [-0.2, 0) is 13.5 Å². The maximum Gasteiger partial charge on any atom is 0.327 e. The van der Waals surface area contributed by atoms with Gasteiger partial charge in [-0.1, -0.05) is 0 Å². The molecule has 0 saturated carbocycles. The number of piperazine rings is 1. The Morgan fingerprint density at radius 2 is 2.09 bits per heavy atom. The maximum atomic E-state index is 13.3. The van der Waals surface area contributed by atoms with Crippen LogP contribution in [0.3, 0.4) is 0 Å². The summed E-state index contributed by atoms with van der Waals surface area (Å²) in [7, 11) is 1.84. The molecule has 174 valence electrons. The fraction of sp³-hybridized carbons (Fsp3) is 0.478. The van der Waals surface area contributed by atoms with Crippen LogP contribution < -0.4 is 25.2 Å². The van der Waals surface area contributed by atoms with Gasteiger partial charge in [0.1, 0.15) is 11.5 Å². The van der Waals surface area contributed by atoms with Gasteiger partial charge in [-0.25, -0.2) is 9.78 Å². The Hall–Kier alpha value is -3.40. The highest BCUT2D eigenvalue weighted by molar-refractivity contribution is 6.04. The van der Waals surface area contributed by atoms with Crippen LogP contribution in [0.2, 0.25) is 0 Å². The van der Waals surface area contributed by atoms with Crippen LogP contribution in [0.4, 0.5) is 22.0 Å². The van der Waals surface area contributed by atoms with Crippen molar-refractivity contribution in [1.29, 1.82) is 0 Å². The number of hydrogen-bond donors (Lipinski definition) is 2. The van der Waals surface area contributed by atoms with E-state index >= 15 is 0 Å². The Bertz CT molecular complexity index is 1180. The van der Waals surface area contributed by atoms with Gasteiger partial charge in [0, 0.05) is 67.8 Å². The van der Waals surface area contributed by atoms with Gasteiger partial charge in [-0.05, 0) is 39.3 Å². The van der Waals surface area contributed by atoms with Crippen molar-refractivity contribution >= 4 is 34.3 Å². The highest BCUT2D eigenvalue weighted by Gasteiger charge is 2.32.